The molecule has 2 aromatic carbocycles. The minimum atomic E-state index is -0.0219. The number of anilines is 2. The van der Waals surface area contributed by atoms with Crippen molar-refractivity contribution in [2.45, 2.75) is 13.0 Å². The van der Waals surface area contributed by atoms with Gasteiger partial charge >= 0.3 is 0 Å². The molecule has 0 saturated carbocycles. The zero-order chi connectivity index (χ0) is 20.8. The molecular weight excluding hydrogens is 384 g/mol. The third-order valence-corrected chi connectivity index (χ3v) is 5.13. The molecule has 0 bridgehead atoms. The highest BCUT2D eigenvalue weighted by Crippen LogP contribution is 2.20. The number of amides is 1. The largest absolute Gasteiger partial charge is 0.378 e. The molecule has 0 radical (unpaired) electrons. The first-order chi connectivity index (χ1) is 13.9. The summed E-state index contributed by atoms with van der Waals surface area (Å²) >= 11 is 5.45. The Hall–Kier alpha value is -2.64. The van der Waals surface area contributed by atoms with Crippen LogP contribution in [0.5, 0.6) is 0 Å². The maximum atomic E-state index is 12.0. The Bertz CT molecular complexity index is 831. The van der Waals surface area contributed by atoms with Gasteiger partial charge in [0.2, 0.25) is 0 Å². The fourth-order valence-electron chi connectivity index (χ4n) is 3.20. The third-order valence-electron chi connectivity index (χ3n) is 4.91. The van der Waals surface area contributed by atoms with E-state index in [1.165, 1.54) is 5.69 Å². The molecule has 0 aliphatic carbocycles. The van der Waals surface area contributed by atoms with Gasteiger partial charge in [-0.05, 0) is 61.1 Å². The number of rotatable bonds is 5. The van der Waals surface area contributed by atoms with Crippen LogP contribution in [0.25, 0.3) is 0 Å². The molecule has 1 atom stereocenters. The van der Waals surface area contributed by atoms with Gasteiger partial charge in [-0.15, -0.1) is 0 Å². The van der Waals surface area contributed by atoms with Crippen molar-refractivity contribution in [3.63, 3.8) is 0 Å². The van der Waals surface area contributed by atoms with Crippen molar-refractivity contribution in [3.05, 3.63) is 59.7 Å². The fourth-order valence-corrected chi connectivity index (χ4v) is 3.49. The lowest BCUT2D eigenvalue weighted by Crippen LogP contribution is -2.36. The summed E-state index contributed by atoms with van der Waals surface area (Å²) in [5.41, 5.74) is 3.87. The number of nitrogens with one attached hydrogen (secondary N) is 2. The Kier molecular flexibility index (Phi) is 7.06. The van der Waals surface area contributed by atoms with Crippen LogP contribution in [0.1, 0.15) is 28.9 Å². The van der Waals surface area contributed by atoms with Crippen molar-refractivity contribution < 1.29 is 9.53 Å². The highest BCUT2D eigenvalue weighted by atomic mass is 32.1. The molecule has 7 heteroatoms. The normalized spacial score (nSPS) is 14.8. The van der Waals surface area contributed by atoms with Gasteiger partial charge in [-0.2, -0.15) is 0 Å². The molecule has 1 aliphatic heterocycles. The molecule has 2 N–H and O–H groups in total. The lowest BCUT2D eigenvalue weighted by atomic mass is 10.1. The van der Waals surface area contributed by atoms with E-state index in [0.29, 0.717) is 10.7 Å². The van der Waals surface area contributed by atoms with E-state index in [1.54, 1.807) is 31.1 Å². The van der Waals surface area contributed by atoms with Crippen molar-refractivity contribution >= 4 is 34.6 Å². The minimum Gasteiger partial charge on any atom is -0.378 e. The van der Waals surface area contributed by atoms with Crippen molar-refractivity contribution in [3.8, 4) is 0 Å². The highest BCUT2D eigenvalue weighted by molar-refractivity contribution is 7.80. The molecule has 2 aromatic rings. The van der Waals surface area contributed by atoms with Crippen LogP contribution in [0.2, 0.25) is 0 Å². The summed E-state index contributed by atoms with van der Waals surface area (Å²) in [6.45, 7) is 5.50. The van der Waals surface area contributed by atoms with Crippen LogP contribution in [-0.2, 0) is 4.74 Å². The summed E-state index contributed by atoms with van der Waals surface area (Å²) in [5, 5.41) is 7.03. The number of carbonyl (C=O) groups is 1. The molecule has 0 aromatic heterocycles. The SMILES string of the molecule is C[C@@H](NC(=S)Nc1ccc(C(=O)N(C)C)cc1)c1ccc(N2CCOCC2)cc1. The van der Waals surface area contributed by atoms with Crippen LogP contribution in [0.3, 0.4) is 0 Å². The second-order valence-corrected chi connectivity index (χ2v) is 7.70. The topological polar surface area (TPSA) is 56.8 Å². The van der Waals surface area contributed by atoms with Gasteiger partial charge in [-0.25, -0.2) is 0 Å². The fraction of sp³-hybridized carbons (Fsp3) is 0.364. The van der Waals surface area contributed by atoms with Crippen LogP contribution >= 0.6 is 12.2 Å². The standard InChI is InChI=1S/C22H28N4O2S/c1-16(17-6-10-20(11-7-17)26-12-14-28-15-13-26)23-22(29)24-19-8-4-18(5-9-19)21(27)25(2)3/h4-11,16H,12-15H2,1-3H3,(H2,23,24,29)/t16-/m1/s1. The lowest BCUT2D eigenvalue weighted by Gasteiger charge is -2.29. The van der Waals surface area contributed by atoms with Crippen LogP contribution in [0.15, 0.2) is 48.5 Å². The van der Waals surface area contributed by atoms with Crippen molar-refractivity contribution in [1.29, 1.82) is 0 Å². The number of carbonyl (C=O) groups excluding carboxylic acids is 1. The Balaban J connectivity index is 1.54. The van der Waals surface area contributed by atoms with Gasteiger partial charge < -0.3 is 25.2 Å². The maximum absolute atomic E-state index is 12.0. The van der Waals surface area contributed by atoms with Gasteiger partial charge in [0.15, 0.2) is 5.11 Å². The van der Waals surface area contributed by atoms with Crippen molar-refractivity contribution in [1.82, 2.24) is 10.2 Å². The zero-order valence-electron chi connectivity index (χ0n) is 17.1. The highest BCUT2D eigenvalue weighted by Gasteiger charge is 2.13. The number of ether oxygens (including phenoxy) is 1. The maximum Gasteiger partial charge on any atom is 0.253 e. The van der Waals surface area contributed by atoms with Gasteiger partial charge in [0.1, 0.15) is 0 Å². The molecule has 0 unspecified atom stereocenters. The predicted molar refractivity (Wildman–Crippen MR) is 122 cm³/mol. The first-order valence-electron chi connectivity index (χ1n) is 9.76. The smallest absolute Gasteiger partial charge is 0.253 e. The first kappa shape index (κ1) is 21.1. The summed E-state index contributed by atoms with van der Waals surface area (Å²) in [7, 11) is 3.48. The number of hydrogen-bond donors (Lipinski definition) is 2. The Morgan fingerprint density at radius 2 is 1.69 bits per heavy atom. The Morgan fingerprint density at radius 1 is 1.07 bits per heavy atom. The summed E-state index contributed by atoms with van der Waals surface area (Å²) < 4.78 is 5.41. The van der Waals surface area contributed by atoms with E-state index < -0.39 is 0 Å². The average Bonchev–Trinajstić information content (AvgIpc) is 2.74. The van der Waals surface area contributed by atoms with Crippen LogP contribution < -0.4 is 15.5 Å². The molecule has 0 spiro atoms. The van der Waals surface area contributed by atoms with Crippen LogP contribution in [0.4, 0.5) is 11.4 Å². The number of morpholine rings is 1. The molecule has 6 nitrogen and oxygen atoms in total. The van der Waals surface area contributed by atoms with E-state index in [1.807, 2.05) is 12.1 Å². The zero-order valence-corrected chi connectivity index (χ0v) is 18.0. The minimum absolute atomic E-state index is 0.0219. The molecule has 29 heavy (non-hydrogen) atoms. The Labute approximate surface area is 177 Å². The van der Waals surface area contributed by atoms with E-state index >= 15 is 0 Å². The molecule has 1 heterocycles. The predicted octanol–water partition coefficient (Wildman–Crippen LogP) is 3.27. The van der Waals surface area contributed by atoms with E-state index in [2.05, 4.69) is 46.7 Å². The van der Waals surface area contributed by atoms with Gasteiger partial charge in [0.05, 0.1) is 19.3 Å². The molecule has 154 valence electrons. The van der Waals surface area contributed by atoms with Gasteiger partial charge in [-0.1, -0.05) is 12.1 Å². The van der Waals surface area contributed by atoms with Gasteiger partial charge in [-0.3, -0.25) is 4.79 Å². The molecule has 1 fully saturated rings. The second-order valence-electron chi connectivity index (χ2n) is 7.29. The second kappa shape index (κ2) is 9.71. The Morgan fingerprint density at radius 3 is 2.28 bits per heavy atom. The van der Waals surface area contributed by atoms with E-state index in [-0.39, 0.29) is 11.9 Å². The van der Waals surface area contributed by atoms with E-state index in [4.69, 9.17) is 17.0 Å². The van der Waals surface area contributed by atoms with Gasteiger partial charge in [0, 0.05) is 44.1 Å². The lowest BCUT2D eigenvalue weighted by molar-refractivity contribution is 0.0827. The summed E-state index contributed by atoms with van der Waals surface area (Å²) in [4.78, 5) is 15.9. The number of thiocarbonyl (C=S) groups is 1. The quantitative estimate of drug-likeness (QED) is 0.735. The number of nitrogens with zero attached hydrogens (tertiary/aromatic N) is 2. The van der Waals surface area contributed by atoms with Crippen molar-refractivity contribution in [2.24, 2.45) is 0 Å². The molecular formula is C22H28N4O2S. The van der Waals surface area contributed by atoms with E-state index in [0.717, 1.165) is 37.6 Å². The third kappa shape index (κ3) is 5.68. The summed E-state index contributed by atoms with van der Waals surface area (Å²) in [6, 6.07) is 15.9. The molecule has 3 rings (SSSR count). The molecule has 1 saturated heterocycles. The summed E-state index contributed by atoms with van der Waals surface area (Å²) in [6.07, 6.45) is 0. The number of hydrogen-bond acceptors (Lipinski definition) is 4. The van der Waals surface area contributed by atoms with Crippen molar-refractivity contribution in [2.75, 3.05) is 50.6 Å². The average molecular weight is 413 g/mol. The van der Waals surface area contributed by atoms with E-state index in [9.17, 15) is 4.79 Å². The number of benzene rings is 2. The van der Waals surface area contributed by atoms with Gasteiger partial charge in [0.25, 0.3) is 5.91 Å². The van der Waals surface area contributed by atoms with Crippen LogP contribution in [0, 0.1) is 0 Å². The molecule has 1 aliphatic rings. The molecule has 1 amide bonds. The monoisotopic (exact) mass is 412 g/mol. The summed E-state index contributed by atoms with van der Waals surface area (Å²) in [5.74, 6) is -0.0219. The van der Waals surface area contributed by atoms with Crippen LogP contribution in [-0.4, -0.2) is 56.3 Å². The first-order valence-corrected chi connectivity index (χ1v) is 10.2.